The van der Waals surface area contributed by atoms with E-state index in [2.05, 4.69) is 17.1 Å². The zero-order valence-corrected chi connectivity index (χ0v) is 15.1. The number of rotatable bonds is 2. The fourth-order valence-corrected chi connectivity index (χ4v) is 5.35. The van der Waals surface area contributed by atoms with Gasteiger partial charge in [0, 0.05) is 17.2 Å². The molecule has 4 aliphatic heterocycles. The fourth-order valence-electron chi connectivity index (χ4n) is 5.35. The quantitative estimate of drug-likeness (QED) is 0.758. The molecule has 0 radical (unpaired) electrons. The number of carbonyl (C=O) groups is 2. The predicted octanol–water partition coefficient (Wildman–Crippen LogP) is 2.71. The van der Waals surface area contributed by atoms with Crippen LogP contribution in [0.25, 0.3) is 6.08 Å². The van der Waals surface area contributed by atoms with Crippen molar-refractivity contribution in [1.82, 2.24) is 0 Å². The molecule has 140 valence electrons. The number of ether oxygens (including phenoxy) is 2. The third-order valence-corrected chi connectivity index (χ3v) is 6.48. The van der Waals surface area contributed by atoms with Crippen LogP contribution in [-0.2, 0) is 14.3 Å². The Morgan fingerprint density at radius 1 is 1.04 bits per heavy atom. The highest BCUT2D eigenvalue weighted by Crippen LogP contribution is 2.50. The van der Waals surface area contributed by atoms with Crippen LogP contribution in [0.2, 0.25) is 0 Å². The maximum absolute atomic E-state index is 13.7. The zero-order chi connectivity index (χ0) is 18.8. The summed E-state index contributed by atoms with van der Waals surface area (Å²) in [6, 6.07) is 16.8. The molecule has 2 aromatic rings. The smallest absolute Gasteiger partial charge is 0.218 e. The first-order chi connectivity index (χ1) is 13.7. The van der Waals surface area contributed by atoms with Gasteiger partial charge in [0.2, 0.25) is 6.29 Å². The SMILES string of the molecule is O=C1[C@H]2OC[C@H](O2)[C@H]2[C@H]1[C@H]1C=Cc3ccccc3N1[C@H]2C(=O)c1ccccc1. The van der Waals surface area contributed by atoms with E-state index in [-0.39, 0.29) is 35.5 Å². The molecule has 0 unspecified atom stereocenters. The van der Waals surface area contributed by atoms with Gasteiger partial charge in [0.1, 0.15) is 0 Å². The van der Waals surface area contributed by atoms with Crippen molar-refractivity contribution in [3.05, 3.63) is 71.8 Å². The van der Waals surface area contributed by atoms with Gasteiger partial charge in [-0.3, -0.25) is 9.59 Å². The lowest BCUT2D eigenvalue weighted by Crippen LogP contribution is -2.48. The normalized spacial score (nSPS) is 34.7. The standard InChI is InChI=1S/C23H19NO4/c25-21(14-7-2-1-3-8-14)20-19-17-12-27-23(28-17)22(26)18(19)16-11-10-13-6-4-5-9-15(13)24(16)20/h1-11,16-20,23H,12H2/t16-,17+,18-,19+,20-,23+/m1/s1. The van der Waals surface area contributed by atoms with Gasteiger partial charge in [0.05, 0.1) is 30.7 Å². The number of Topliss-reactive ketones (excluding diaryl/α,β-unsaturated/α-hetero) is 2. The highest BCUT2D eigenvalue weighted by Gasteiger charge is 2.63. The average molecular weight is 373 g/mol. The van der Waals surface area contributed by atoms with Gasteiger partial charge >= 0.3 is 0 Å². The molecule has 0 saturated carbocycles. The molecule has 0 aliphatic carbocycles. The average Bonchev–Trinajstić information content (AvgIpc) is 3.33. The van der Waals surface area contributed by atoms with Gasteiger partial charge in [-0.15, -0.1) is 0 Å². The maximum Gasteiger partial charge on any atom is 0.218 e. The van der Waals surface area contributed by atoms with Crippen LogP contribution < -0.4 is 4.90 Å². The summed E-state index contributed by atoms with van der Waals surface area (Å²) in [6.45, 7) is 0.363. The molecule has 3 fully saturated rings. The summed E-state index contributed by atoms with van der Waals surface area (Å²) in [6.07, 6.45) is 3.11. The molecule has 0 amide bonds. The minimum absolute atomic E-state index is 0.0324. The molecule has 2 aromatic carbocycles. The molecular formula is C23H19NO4. The summed E-state index contributed by atoms with van der Waals surface area (Å²) >= 11 is 0. The van der Waals surface area contributed by atoms with E-state index in [0.717, 1.165) is 11.3 Å². The summed E-state index contributed by atoms with van der Waals surface area (Å²) in [5.41, 5.74) is 2.73. The molecule has 0 aromatic heterocycles. The predicted molar refractivity (Wildman–Crippen MR) is 103 cm³/mol. The second-order valence-corrected chi connectivity index (χ2v) is 7.84. The van der Waals surface area contributed by atoms with Crippen LogP contribution in [0.3, 0.4) is 0 Å². The van der Waals surface area contributed by atoms with Crippen LogP contribution >= 0.6 is 0 Å². The van der Waals surface area contributed by atoms with Crippen LogP contribution in [-0.4, -0.2) is 42.7 Å². The molecule has 28 heavy (non-hydrogen) atoms. The summed E-state index contributed by atoms with van der Waals surface area (Å²) < 4.78 is 11.4. The van der Waals surface area contributed by atoms with E-state index >= 15 is 0 Å². The molecule has 5 nitrogen and oxygen atoms in total. The second-order valence-electron chi connectivity index (χ2n) is 7.84. The zero-order valence-electron chi connectivity index (χ0n) is 15.1. The summed E-state index contributed by atoms with van der Waals surface area (Å²) in [4.78, 5) is 28.9. The molecule has 5 heteroatoms. The molecule has 4 aliphatic rings. The van der Waals surface area contributed by atoms with Gasteiger partial charge in [-0.05, 0) is 11.6 Å². The topological polar surface area (TPSA) is 55.8 Å². The minimum atomic E-state index is -0.788. The Labute approximate surface area is 162 Å². The van der Waals surface area contributed by atoms with Crippen molar-refractivity contribution in [3.63, 3.8) is 0 Å². The van der Waals surface area contributed by atoms with Gasteiger partial charge in [0.15, 0.2) is 11.6 Å². The molecule has 4 heterocycles. The van der Waals surface area contributed by atoms with Gasteiger partial charge in [-0.2, -0.15) is 0 Å². The number of para-hydroxylation sites is 1. The van der Waals surface area contributed by atoms with Crippen molar-refractivity contribution in [3.8, 4) is 0 Å². The van der Waals surface area contributed by atoms with Crippen molar-refractivity contribution >= 4 is 23.3 Å². The van der Waals surface area contributed by atoms with Crippen molar-refractivity contribution in [2.24, 2.45) is 11.8 Å². The Hall–Kier alpha value is -2.76. The Morgan fingerprint density at radius 2 is 1.82 bits per heavy atom. The van der Waals surface area contributed by atoms with E-state index in [1.165, 1.54) is 0 Å². The van der Waals surface area contributed by atoms with E-state index in [0.29, 0.717) is 12.2 Å². The number of hydrogen-bond donors (Lipinski definition) is 0. The molecular weight excluding hydrogens is 354 g/mol. The maximum atomic E-state index is 13.7. The van der Waals surface area contributed by atoms with Crippen molar-refractivity contribution < 1.29 is 19.1 Å². The van der Waals surface area contributed by atoms with Gasteiger partial charge in [0.25, 0.3) is 0 Å². The van der Waals surface area contributed by atoms with E-state index in [4.69, 9.17) is 9.47 Å². The highest BCUT2D eigenvalue weighted by molar-refractivity contribution is 6.05. The van der Waals surface area contributed by atoms with Crippen LogP contribution in [0.4, 0.5) is 5.69 Å². The fraction of sp³-hybridized carbons (Fsp3) is 0.304. The van der Waals surface area contributed by atoms with Crippen LogP contribution in [0, 0.1) is 11.8 Å². The number of carbonyl (C=O) groups excluding carboxylic acids is 2. The molecule has 6 atom stereocenters. The highest BCUT2D eigenvalue weighted by atomic mass is 16.7. The Morgan fingerprint density at radius 3 is 2.68 bits per heavy atom. The van der Waals surface area contributed by atoms with E-state index in [9.17, 15) is 9.59 Å². The van der Waals surface area contributed by atoms with Gasteiger partial charge in [-0.1, -0.05) is 60.7 Å². The third kappa shape index (κ3) is 2.09. The third-order valence-electron chi connectivity index (χ3n) is 6.48. The number of ketones is 2. The number of benzene rings is 2. The molecule has 6 rings (SSSR count). The second kappa shape index (κ2) is 5.87. The molecule has 0 N–H and O–H groups in total. The van der Waals surface area contributed by atoms with E-state index < -0.39 is 12.3 Å². The lowest BCUT2D eigenvalue weighted by Gasteiger charge is -2.35. The monoisotopic (exact) mass is 373 g/mol. The molecule has 2 bridgehead atoms. The summed E-state index contributed by atoms with van der Waals surface area (Å²) in [7, 11) is 0. The van der Waals surface area contributed by atoms with Crippen molar-refractivity contribution in [2.45, 2.75) is 24.5 Å². The first-order valence-corrected chi connectivity index (χ1v) is 9.70. The van der Waals surface area contributed by atoms with Crippen LogP contribution in [0.1, 0.15) is 15.9 Å². The molecule has 3 saturated heterocycles. The Balaban J connectivity index is 1.53. The van der Waals surface area contributed by atoms with Gasteiger partial charge in [-0.25, -0.2) is 0 Å². The first kappa shape index (κ1) is 16.2. The van der Waals surface area contributed by atoms with Crippen molar-refractivity contribution in [2.75, 3.05) is 11.5 Å². The Kier molecular flexibility index (Phi) is 3.40. The van der Waals surface area contributed by atoms with Crippen LogP contribution in [0.5, 0.6) is 0 Å². The number of fused-ring (bicyclic) bond motifs is 8. The van der Waals surface area contributed by atoms with E-state index in [1.807, 2.05) is 54.6 Å². The minimum Gasteiger partial charge on any atom is -0.353 e. The van der Waals surface area contributed by atoms with E-state index in [1.54, 1.807) is 0 Å². The number of nitrogens with zero attached hydrogens (tertiary/aromatic N) is 1. The lowest BCUT2D eigenvalue weighted by molar-refractivity contribution is -0.163. The first-order valence-electron chi connectivity index (χ1n) is 9.70. The number of hydrogen-bond acceptors (Lipinski definition) is 5. The van der Waals surface area contributed by atoms with Crippen LogP contribution in [0.15, 0.2) is 60.7 Å². The largest absolute Gasteiger partial charge is 0.353 e. The summed E-state index contributed by atoms with van der Waals surface area (Å²) in [5, 5.41) is 0. The Bertz CT molecular complexity index is 1000. The molecule has 0 spiro atoms. The lowest BCUT2D eigenvalue weighted by atomic mass is 9.77. The van der Waals surface area contributed by atoms with Gasteiger partial charge < -0.3 is 14.4 Å². The number of anilines is 1. The van der Waals surface area contributed by atoms with Crippen molar-refractivity contribution in [1.29, 1.82) is 0 Å². The summed E-state index contributed by atoms with van der Waals surface area (Å²) in [5.74, 6) is -0.528.